The maximum Gasteiger partial charge on any atom is 0.273 e. The third-order valence-corrected chi connectivity index (χ3v) is 7.22. The van der Waals surface area contributed by atoms with Crippen LogP contribution in [0.25, 0.3) is 0 Å². The topological polar surface area (TPSA) is 106 Å². The van der Waals surface area contributed by atoms with Crippen LogP contribution in [-0.4, -0.2) is 33.3 Å². The minimum absolute atomic E-state index is 0.154. The average molecular weight is 458 g/mol. The van der Waals surface area contributed by atoms with Crippen LogP contribution < -0.4 is 19.6 Å². The quantitative estimate of drug-likeness (QED) is 0.435. The van der Waals surface area contributed by atoms with Crippen LogP contribution in [0, 0.1) is 0 Å². The van der Waals surface area contributed by atoms with E-state index in [1.54, 1.807) is 42.6 Å². The molecule has 2 heterocycles. The molecule has 0 aliphatic carbocycles. The van der Waals surface area contributed by atoms with Crippen LogP contribution in [0.5, 0.6) is 11.5 Å². The van der Waals surface area contributed by atoms with E-state index in [1.165, 1.54) is 18.2 Å². The molecule has 0 saturated carbocycles. The zero-order valence-corrected chi connectivity index (χ0v) is 18.1. The summed E-state index contributed by atoms with van der Waals surface area (Å²) in [5.74, 6) is 0.748. The number of fused-ring (bicyclic) bond motifs is 1. The van der Waals surface area contributed by atoms with Gasteiger partial charge in [-0.2, -0.15) is 5.10 Å². The number of nitrogens with one attached hydrogen (secondary N) is 2. The van der Waals surface area contributed by atoms with E-state index in [0.29, 0.717) is 30.4 Å². The summed E-state index contributed by atoms with van der Waals surface area (Å²) in [6.07, 6.45) is 0. The monoisotopic (exact) mass is 457 g/mol. The number of sulfonamides is 1. The highest BCUT2D eigenvalue weighted by molar-refractivity contribution is 7.94. The minimum atomic E-state index is -3.78. The zero-order chi connectivity index (χ0) is 21.8. The van der Waals surface area contributed by atoms with Crippen LogP contribution in [0.4, 0.5) is 5.69 Å². The Morgan fingerprint density at radius 1 is 1.03 bits per heavy atom. The van der Waals surface area contributed by atoms with Crippen LogP contribution in [0.1, 0.15) is 22.8 Å². The van der Waals surface area contributed by atoms with Crippen molar-refractivity contribution in [1.82, 2.24) is 5.43 Å². The van der Waals surface area contributed by atoms with E-state index < -0.39 is 15.9 Å². The fourth-order valence-corrected chi connectivity index (χ4v) is 4.98. The van der Waals surface area contributed by atoms with E-state index in [4.69, 9.17) is 9.47 Å². The first-order chi connectivity index (χ1) is 14.9. The SMILES string of the molecule is C/C(=N\NC(=O)c1ccccc1NS(=O)(=O)c1cccs1)c1ccc2c(c1)OCCO2. The molecule has 160 valence electrons. The first kappa shape index (κ1) is 20.9. The molecule has 8 nitrogen and oxygen atoms in total. The summed E-state index contributed by atoms with van der Waals surface area (Å²) >= 11 is 1.09. The predicted molar refractivity (Wildman–Crippen MR) is 119 cm³/mol. The Morgan fingerprint density at radius 2 is 1.81 bits per heavy atom. The molecule has 4 rings (SSSR count). The van der Waals surface area contributed by atoms with E-state index >= 15 is 0 Å². The maximum atomic E-state index is 12.7. The molecule has 10 heteroatoms. The van der Waals surface area contributed by atoms with Gasteiger partial charge in [0.05, 0.1) is 17.0 Å². The summed E-state index contributed by atoms with van der Waals surface area (Å²) in [5, 5.41) is 5.82. The van der Waals surface area contributed by atoms with Gasteiger partial charge in [0.2, 0.25) is 0 Å². The minimum Gasteiger partial charge on any atom is -0.486 e. The molecule has 1 amide bonds. The van der Waals surface area contributed by atoms with Gasteiger partial charge >= 0.3 is 0 Å². The Hall–Kier alpha value is -3.37. The van der Waals surface area contributed by atoms with Crippen molar-refractivity contribution in [2.75, 3.05) is 17.9 Å². The fourth-order valence-electron chi connectivity index (χ4n) is 2.91. The predicted octanol–water partition coefficient (Wildman–Crippen LogP) is 3.47. The van der Waals surface area contributed by atoms with E-state index in [2.05, 4.69) is 15.2 Å². The van der Waals surface area contributed by atoms with Gasteiger partial charge in [0, 0.05) is 5.56 Å². The second kappa shape index (κ2) is 8.78. The van der Waals surface area contributed by atoms with Gasteiger partial charge in [-0.05, 0) is 48.7 Å². The Labute approximate surface area is 183 Å². The summed E-state index contributed by atoms with van der Waals surface area (Å²) < 4.78 is 38.8. The smallest absolute Gasteiger partial charge is 0.273 e. The highest BCUT2D eigenvalue weighted by Crippen LogP contribution is 2.31. The van der Waals surface area contributed by atoms with Crippen molar-refractivity contribution in [3.63, 3.8) is 0 Å². The lowest BCUT2D eigenvalue weighted by Crippen LogP contribution is -2.22. The molecule has 1 aliphatic heterocycles. The highest BCUT2D eigenvalue weighted by atomic mass is 32.2. The number of nitrogens with zero attached hydrogens (tertiary/aromatic N) is 1. The first-order valence-electron chi connectivity index (χ1n) is 9.34. The Bertz CT molecular complexity index is 1240. The van der Waals surface area contributed by atoms with Crippen molar-refractivity contribution >= 4 is 38.7 Å². The van der Waals surface area contributed by atoms with Crippen LogP contribution in [-0.2, 0) is 10.0 Å². The molecule has 1 aliphatic rings. The first-order valence-corrected chi connectivity index (χ1v) is 11.7. The Balaban J connectivity index is 1.51. The molecule has 0 spiro atoms. The summed E-state index contributed by atoms with van der Waals surface area (Å²) in [7, 11) is -3.78. The third kappa shape index (κ3) is 4.70. The second-order valence-electron chi connectivity index (χ2n) is 6.58. The molecule has 0 atom stereocenters. The van der Waals surface area contributed by atoms with Crippen LogP contribution in [0.3, 0.4) is 0 Å². The average Bonchev–Trinajstić information content (AvgIpc) is 3.33. The van der Waals surface area contributed by atoms with Gasteiger partial charge in [-0.15, -0.1) is 11.3 Å². The van der Waals surface area contributed by atoms with Crippen molar-refractivity contribution in [2.45, 2.75) is 11.1 Å². The van der Waals surface area contributed by atoms with E-state index in [-0.39, 0.29) is 15.5 Å². The van der Waals surface area contributed by atoms with E-state index in [0.717, 1.165) is 16.9 Å². The van der Waals surface area contributed by atoms with E-state index in [9.17, 15) is 13.2 Å². The molecule has 31 heavy (non-hydrogen) atoms. The number of hydrazone groups is 1. The number of hydrogen-bond acceptors (Lipinski definition) is 7. The number of hydrogen-bond donors (Lipinski definition) is 2. The zero-order valence-electron chi connectivity index (χ0n) is 16.5. The number of benzene rings is 2. The molecular weight excluding hydrogens is 438 g/mol. The van der Waals surface area contributed by atoms with Gasteiger partial charge in [0.15, 0.2) is 11.5 Å². The van der Waals surface area contributed by atoms with Gasteiger partial charge in [0.25, 0.3) is 15.9 Å². The van der Waals surface area contributed by atoms with Crippen LogP contribution in [0.15, 0.2) is 69.3 Å². The molecule has 0 unspecified atom stereocenters. The molecule has 1 aromatic heterocycles. The number of thiophene rings is 1. The highest BCUT2D eigenvalue weighted by Gasteiger charge is 2.19. The van der Waals surface area contributed by atoms with Gasteiger partial charge in [0.1, 0.15) is 17.4 Å². The second-order valence-corrected chi connectivity index (χ2v) is 9.44. The molecule has 0 saturated heterocycles. The molecular formula is C21H19N3O5S2. The van der Waals surface area contributed by atoms with Gasteiger partial charge in [-0.3, -0.25) is 9.52 Å². The molecule has 0 fully saturated rings. The number of rotatable bonds is 6. The van der Waals surface area contributed by atoms with E-state index in [1.807, 2.05) is 6.07 Å². The van der Waals surface area contributed by atoms with Crippen molar-refractivity contribution in [1.29, 1.82) is 0 Å². The van der Waals surface area contributed by atoms with Crippen molar-refractivity contribution in [3.8, 4) is 11.5 Å². The fraction of sp³-hybridized carbons (Fsp3) is 0.143. The number of ether oxygens (including phenoxy) is 2. The van der Waals surface area contributed by atoms with Gasteiger partial charge in [-0.25, -0.2) is 13.8 Å². The molecule has 0 bridgehead atoms. The molecule has 3 aromatic rings. The number of carbonyl (C=O) groups excluding carboxylic acids is 1. The summed E-state index contributed by atoms with van der Waals surface area (Å²) in [5.41, 5.74) is 4.12. The Kier molecular flexibility index (Phi) is 5.92. The maximum absolute atomic E-state index is 12.7. The lowest BCUT2D eigenvalue weighted by molar-refractivity contribution is 0.0955. The lowest BCUT2D eigenvalue weighted by Gasteiger charge is -2.18. The molecule has 2 N–H and O–H groups in total. The van der Waals surface area contributed by atoms with Crippen molar-refractivity contribution in [3.05, 3.63) is 71.1 Å². The Morgan fingerprint density at radius 3 is 2.58 bits per heavy atom. The summed E-state index contributed by atoms with van der Waals surface area (Å²) in [6.45, 7) is 2.73. The molecule has 0 radical (unpaired) electrons. The summed E-state index contributed by atoms with van der Waals surface area (Å²) in [6, 6.07) is 14.9. The normalized spacial score (nSPS) is 13.5. The van der Waals surface area contributed by atoms with Crippen LogP contribution in [0.2, 0.25) is 0 Å². The van der Waals surface area contributed by atoms with Crippen LogP contribution >= 0.6 is 11.3 Å². The third-order valence-electron chi connectivity index (χ3n) is 4.46. The largest absolute Gasteiger partial charge is 0.486 e. The summed E-state index contributed by atoms with van der Waals surface area (Å²) in [4.78, 5) is 12.7. The number of carbonyl (C=O) groups is 1. The van der Waals surface area contributed by atoms with Crippen molar-refractivity contribution in [2.24, 2.45) is 5.10 Å². The van der Waals surface area contributed by atoms with Crippen molar-refractivity contribution < 1.29 is 22.7 Å². The number of anilines is 1. The van der Waals surface area contributed by atoms with Gasteiger partial charge < -0.3 is 9.47 Å². The standard InChI is InChI=1S/C21H19N3O5S2/c1-14(15-8-9-18-19(13-15)29-11-10-28-18)22-23-21(25)16-5-2-3-6-17(16)24-31(26,27)20-7-4-12-30-20/h2-9,12-13,24H,10-11H2,1H3,(H,23,25)/b22-14+. The lowest BCUT2D eigenvalue weighted by atomic mass is 10.1. The molecule has 2 aromatic carbocycles. The number of amides is 1. The number of para-hydroxylation sites is 1. The van der Waals surface area contributed by atoms with Gasteiger partial charge in [-0.1, -0.05) is 18.2 Å².